The van der Waals surface area contributed by atoms with E-state index in [9.17, 15) is 0 Å². The van der Waals surface area contributed by atoms with E-state index in [1.807, 2.05) is 18.2 Å². The van der Waals surface area contributed by atoms with Crippen LogP contribution in [-0.4, -0.2) is 7.11 Å². The first kappa shape index (κ1) is 7.05. The van der Waals surface area contributed by atoms with Gasteiger partial charge in [-0.25, -0.2) is 0 Å². The van der Waals surface area contributed by atoms with Crippen molar-refractivity contribution in [1.29, 1.82) is 0 Å². The molecule has 10 heavy (non-hydrogen) atoms. The molecule has 0 bridgehead atoms. The van der Waals surface area contributed by atoms with Crippen LogP contribution in [0, 0.1) is 0 Å². The van der Waals surface area contributed by atoms with Gasteiger partial charge < -0.3 is 16.2 Å². The Morgan fingerprint density at radius 3 is 2.40 bits per heavy atom. The smallest absolute Gasteiger partial charge is 0.192 e. The third kappa shape index (κ3) is 1.26. The summed E-state index contributed by atoms with van der Waals surface area (Å²) in [7, 11) is 1.64. The Balaban J connectivity index is 3.04. The molecule has 0 radical (unpaired) electrons. The van der Waals surface area contributed by atoms with Crippen molar-refractivity contribution in [3.8, 4) is 5.75 Å². The highest BCUT2D eigenvalue weighted by Crippen LogP contribution is 2.17. The number of hydrogen-bond acceptors (Lipinski definition) is 1. The van der Waals surface area contributed by atoms with E-state index in [1.54, 1.807) is 7.11 Å². The summed E-state index contributed by atoms with van der Waals surface area (Å²) in [6, 6.07) is 5.63. The zero-order valence-electron chi connectivity index (χ0n) is 6.05. The van der Waals surface area contributed by atoms with Crippen LogP contribution in [0.4, 0.5) is 11.4 Å². The zero-order chi connectivity index (χ0) is 7.56. The van der Waals surface area contributed by atoms with Crippen molar-refractivity contribution in [2.75, 3.05) is 7.11 Å². The second-order valence-corrected chi connectivity index (χ2v) is 2.13. The van der Waals surface area contributed by atoms with Crippen molar-refractivity contribution in [2.45, 2.75) is 0 Å². The molecule has 3 nitrogen and oxygen atoms in total. The molecule has 0 atom stereocenters. The summed E-state index contributed by atoms with van der Waals surface area (Å²) in [5, 5.41) is 0. The molecule has 0 saturated carbocycles. The largest absolute Gasteiger partial charge is 0.497 e. The predicted molar refractivity (Wildman–Crippen MR) is 38.1 cm³/mol. The molecular weight excluding hydrogens is 128 g/mol. The number of methoxy groups -OCH3 is 1. The maximum absolute atomic E-state index is 4.98. The van der Waals surface area contributed by atoms with Crippen molar-refractivity contribution in [2.24, 2.45) is 0 Å². The third-order valence-electron chi connectivity index (χ3n) is 1.41. The molecule has 0 aliphatic heterocycles. The maximum atomic E-state index is 4.98. The van der Waals surface area contributed by atoms with E-state index < -0.39 is 0 Å². The van der Waals surface area contributed by atoms with Crippen LogP contribution in [0.2, 0.25) is 0 Å². The van der Waals surface area contributed by atoms with Gasteiger partial charge in [-0.05, 0) is 6.07 Å². The normalized spacial score (nSPS) is 9.50. The Kier molecular flexibility index (Phi) is 1.89. The third-order valence-corrected chi connectivity index (χ3v) is 1.41. The van der Waals surface area contributed by atoms with Crippen LogP contribution >= 0.6 is 0 Å². The molecule has 1 aromatic carbocycles. The fraction of sp³-hybridized carbons (Fsp3) is 0.143. The van der Waals surface area contributed by atoms with Gasteiger partial charge in [0.25, 0.3) is 0 Å². The SMILES string of the molecule is COc1ccc([NH3+])c([NH3+])c1. The number of hydrogen-bond donors (Lipinski definition) is 2. The van der Waals surface area contributed by atoms with E-state index in [0.29, 0.717) is 0 Å². The van der Waals surface area contributed by atoms with E-state index in [4.69, 9.17) is 4.74 Å². The average Bonchev–Trinajstić information content (AvgIpc) is 1.95. The summed E-state index contributed by atoms with van der Waals surface area (Å²) in [5.74, 6) is 0.831. The molecule has 0 spiro atoms. The molecule has 54 valence electrons. The summed E-state index contributed by atoms with van der Waals surface area (Å²) in [4.78, 5) is 0. The van der Waals surface area contributed by atoms with Crippen LogP contribution in [-0.2, 0) is 0 Å². The van der Waals surface area contributed by atoms with Gasteiger partial charge >= 0.3 is 0 Å². The van der Waals surface area contributed by atoms with Crippen molar-refractivity contribution in [3.63, 3.8) is 0 Å². The minimum atomic E-state index is 0.831. The molecule has 0 aromatic heterocycles. The number of rotatable bonds is 1. The number of benzene rings is 1. The standard InChI is InChI=1S/C7H10N2O/c1-10-5-2-3-6(8)7(9)4-5/h2-4H,8-9H2,1H3/p+2. The fourth-order valence-corrected chi connectivity index (χ4v) is 0.729. The first-order valence-corrected chi connectivity index (χ1v) is 3.06. The van der Waals surface area contributed by atoms with Crippen LogP contribution in [0.3, 0.4) is 0 Å². The molecule has 0 aliphatic rings. The highest BCUT2D eigenvalue weighted by atomic mass is 16.5. The van der Waals surface area contributed by atoms with Crippen LogP contribution in [0.5, 0.6) is 5.75 Å². The lowest BCUT2D eigenvalue weighted by Crippen LogP contribution is -2.49. The van der Waals surface area contributed by atoms with Gasteiger partial charge in [0, 0.05) is 12.1 Å². The zero-order valence-corrected chi connectivity index (χ0v) is 6.05. The van der Waals surface area contributed by atoms with E-state index in [0.717, 1.165) is 17.1 Å². The van der Waals surface area contributed by atoms with Gasteiger partial charge in [-0.3, -0.25) is 0 Å². The molecule has 6 N–H and O–H groups in total. The lowest BCUT2D eigenvalue weighted by atomic mass is 10.2. The Morgan fingerprint density at radius 2 is 1.90 bits per heavy atom. The van der Waals surface area contributed by atoms with Crippen LogP contribution in [0.1, 0.15) is 0 Å². The summed E-state index contributed by atoms with van der Waals surface area (Å²) in [6.07, 6.45) is 0. The Bertz CT molecular complexity index is 235. The Hall–Kier alpha value is -1.06. The first-order valence-electron chi connectivity index (χ1n) is 3.06. The average molecular weight is 140 g/mol. The fourth-order valence-electron chi connectivity index (χ4n) is 0.729. The summed E-state index contributed by atoms with van der Waals surface area (Å²) in [6.45, 7) is 0. The van der Waals surface area contributed by atoms with Crippen molar-refractivity contribution in [1.82, 2.24) is 0 Å². The van der Waals surface area contributed by atoms with Crippen LogP contribution < -0.4 is 16.2 Å². The molecule has 0 amide bonds. The quantitative estimate of drug-likeness (QED) is 0.539. The van der Waals surface area contributed by atoms with E-state index in [-0.39, 0.29) is 0 Å². The molecular formula is C7H12N2O+2. The van der Waals surface area contributed by atoms with Crippen LogP contribution in [0.25, 0.3) is 0 Å². The monoisotopic (exact) mass is 140 g/mol. The summed E-state index contributed by atoms with van der Waals surface area (Å²) < 4.78 is 4.98. The van der Waals surface area contributed by atoms with Gasteiger partial charge in [0.05, 0.1) is 7.11 Å². The van der Waals surface area contributed by atoms with Gasteiger partial charge in [-0.2, -0.15) is 0 Å². The summed E-state index contributed by atoms with van der Waals surface area (Å²) in [5.41, 5.74) is 9.42. The van der Waals surface area contributed by atoms with Crippen molar-refractivity contribution in [3.05, 3.63) is 18.2 Å². The highest BCUT2D eigenvalue weighted by molar-refractivity contribution is 5.53. The molecule has 0 heterocycles. The van der Waals surface area contributed by atoms with Crippen molar-refractivity contribution >= 4 is 11.4 Å². The topological polar surface area (TPSA) is 64.5 Å². The predicted octanol–water partition coefficient (Wildman–Crippen LogP) is -0.558. The highest BCUT2D eigenvalue weighted by Gasteiger charge is 2.01. The van der Waals surface area contributed by atoms with Gasteiger partial charge in [0.1, 0.15) is 5.75 Å². The maximum Gasteiger partial charge on any atom is 0.192 e. The van der Waals surface area contributed by atoms with Gasteiger partial charge in [-0.1, -0.05) is 0 Å². The second-order valence-electron chi connectivity index (χ2n) is 2.13. The first-order chi connectivity index (χ1) is 4.74. The molecule has 0 aliphatic carbocycles. The Labute approximate surface area is 59.6 Å². The van der Waals surface area contributed by atoms with E-state index in [1.165, 1.54) is 0 Å². The Morgan fingerprint density at radius 1 is 1.20 bits per heavy atom. The lowest BCUT2D eigenvalue weighted by molar-refractivity contribution is -0.299. The molecule has 3 heteroatoms. The van der Waals surface area contributed by atoms with Crippen molar-refractivity contribution < 1.29 is 16.2 Å². The number of ether oxygens (including phenoxy) is 1. The number of quaternary nitrogens is 2. The molecule has 0 saturated heterocycles. The summed E-state index contributed by atoms with van der Waals surface area (Å²) >= 11 is 0. The van der Waals surface area contributed by atoms with E-state index >= 15 is 0 Å². The van der Waals surface area contributed by atoms with Gasteiger partial charge in [0.2, 0.25) is 0 Å². The minimum absolute atomic E-state index is 0.831. The van der Waals surface area contributed by atoms with Gasteiger partial charge in [-0.15, -0.1) is 0 Å². The lowest BCUT2D eigenvalue weighted by Gasteiger charge is -1.97. The minimum Gasteiger partial charge on any atom is -0.497 e. The van der Waals surface area contributed by atoms with E-state index in [2.05, 4.69) is 11.5 Å². The molecule has 1 rings (SSSR count). The molecule has 0 unspecified atom stereocenters. The van der Waals surface area contributed by atoms with Gasteiger partial charge in [0.15, 0.2) is 11.4 Å². The second kappa shape index (κ2) is 2.68. The van der Waals surface area contributed by atoms with Crippen LogP contribution in [0.15, 0.2) is 18.2 Å². The molecule has 1 aromatic rings. The molecule has 0 fully saturated rings.